The molecule has 4 rings (SSSR count). The lowest BCUT2D eigenvalue weighted by Crippen LogP contribution is -2.52. The van der Waals surface area contributed by atoms with E-state index in [1.807, 2.05) is 21.4 Å². The van der Waals surface area contributed by atoms with Crippen molar-refractivity contribution in [3.63, 3.8) is 0 Å². The van der Waals surface area contributed by atoms with Gasteiger partial charge in [-0.1, -0.05) is 11.8 Å². The molecule has 2 heterocycles. The number of carbonyl (C=O) groups excluding carboxylic acids is 2. The highest BCUT2D eigenvalue weighted by Gasteiger charge is 2.36. The standard InChI is InChI=1S/C15H22N6O2S/c1-10(24-15-16-17-18-21(15)12-4-5-12)13(22)19-6-8-20(9-7-19)14(23)11-2-3-11/h10-12H,2-9H2,1H3. The van der Waals surface area contributed by atoms with Gasteiger partial charge >= 0.3 is 0 Å². The van der Waals surface area contributed by atoms with Gasteiger partial charge in [-0.05, 0) is 43.0 Å². The molecule has 2 aliphatic carbocycles. The van der Waals surface area contributed by atoms with Crippen molar-refractivity contribution in [2.24, 2.45) is 5.92 Å². The molecule has 0 spiro atoms. The van der Waals surface area contributed by atoms with Crippen LogP contribution in [0.1, 0.15) is 38.6 Å². The van der Waals surface area contributed by atoms with Gasteiger partial charge in [-0.3, -0.25) is 9.59 Å². The Morgan fingerprint density at radius 1 is 1.08 bits per heavy atom. The van der Waals surface area contributed by atoms with Crippen LogP contribution in [0, 0.1) is 5.92 Å². The summed E-state index contributed by atoms with van der Waals surface area (Å²) in [6, 6.07) is 0.404. The lowest BCUT2D eigenvalue weighted by atomic mass is 10.2. The number of nitrogens with zero attached hydrogens (tertiary/aromatic N) is 6. The molecular weight excluding hydrogens is 328 g/mol. The van der Waals surface area contributed by atoms with Crippen molar-refractivity contribution in [3.05, 3.63) is 0 Å². The highest BCUT2D eigenvalue weighted by atomic mass is 32.2. The first-order valence-electron chi connectivity index (χ1n) is 8.65. The first kappa shape index (κ1) is 15.9. The van der Waals surface area contributed by atoms with Crippen LogP contribution >= 0.6 is 11.8 Å². The average molecular weight is 350 g/mol. The molecule has 0 aromatic carbocycles. The van der Waals surface area contributed by atoms with E-state index in [2.05, 4.69) is 15.5 Å². The Bertz CT molecular complexity index is 634. The molecular formula is C15H22N6O2S. The Kier molecular flexibility index (Phi) is 4.19. The highest BCUT2D eigenvalue weighted by molar-refractivity contribution is 8.00. The lowest BCUT2D eigenvalue weighted by Gasteiger charge is -2.36. The minimum absolute atomic E-state index is 0.101. The fourth-order valence-electron chi connectivity index (χ4n) is 3.01. The molecule has 2 saturated carbocycles. The van der Waals surface area contributed by atoms with Crippen LogP contribution in [0.25, 0.3) is 0 Å². The first-order valence-corrected chi connectivity index (χ1v) is 9.53. The zero-order valence-corrected chi connectivity index (χ0v) is 14.6. The number of tetrazole rings is 1. The Morgan fingerprint density at radius 3 is 2.38 bits per heavy atom. The van der Waals surface area contributed by atoms with Gasteiger partial charge in [0.05, 0.1) is 11.3 Å². The molecule has 0 bridgehead atoms. The van der Waals surface area contributed by atoms with Crippen molar-refractivity contribution in [2.45, 2.75) is 49.1 Å². The molecule has 1 aliphatic heterocycles. The van der Waals surface area contributed by atoms with Crippen molar-refractivity contribution in [1.29, 1.82) is 0 Å². The maximum Gasteiger partial charge on any atom is 0.236 e. The van der Waals surface area contributed by atoms with E-state index in [1.165, 1.54) is 11.8 Å². The van der Waals surface area contributed by atoms with Crippen LogP contribution in [-0.4, -0.2) is 73.3 Å². The third-order valence-corrected chi connectivity index (χ3v) is 5.85. The van der Waals surface area contributed by atoms with Crippen LogP contribution in [0.3, 0.4) is 0 Å². The van der Waals surface area contributed by atoms with E-state index in [1.54, 1.807) is 0 Å². The molecule has 1 atom stereocenters. The summed E-state index contributed by atoms with van der Waals surface area (Å²) in [6.45, 7) is 4.45. The van der Waals surface area contributed by atoms with Crippen molar-refractivity contribution >= 4 is 23.6 Å². The maximum atomic E-state index is 12.7. The van der Waals surface area contributed by atoms with Gasteiger partial charge in [-0.2, -0.15) is 0 Å². The van der Waals surface area contributed by atoms with Crippen LogP contribution in [0.5, 0.6) is 0 Å². The van der Waals surface area contributed by atoms with E-state index in [9.17, 15) is 9.59 Å². The van der Waals surface area contributed by atoms with Crippen molar-refractivity contribution < 1.29 is 9.59 Å². The molecule has 2 amide bonds. The molecule has 9 heteroatoms. The van der Waals surface area contributed by atoms with Gasteiger partial charge in [0.25, 0.3) is 0 Å². The van der Waals surface area contributed by atoms with Crippen molar-refractivity contribution in [3.8, 4) is 0 Å². The van der Waals surface area contributed by atoms with Crippen molar-refractivity contribution in [2.75, 3.05) is 26.2 Å². The second kappa shape index (κ2) is 6.34. The summed E-state index contributed by atoms with van der Waals surface area (Å²) in [7, 11) is 0. The Balaban J connectivity index is 1.30. The van der Waals surface area contributed by atoms with Crippen LogP contribution in [0.2, 0.25) is 0 Å². The van der Waals surface area contributed by atoms with Gasteiger partial charge < -0.3 is 9.80 Å². The molecule has 1 unspecified atom stereocenters. The number of hydrogen-bond acceptors (Lipinski definition) is 6. The minimum atomic E-state index is -0.223. The van der Waals surface area contributed by atoms with Crippen LogP contribution < -0.4 is 0 Å². The fraction of sp³-hybridized carbons (Fsp3) is 0.800. The largest absolute Gasteiger partial charge is 0.339 e. The predicted molar refractivity (Wildman–Crippen MR) is 87.3 cm³/mol. The monoisotopic (exact) mass is 350 g/mol. The molecule has 130 valence electrons. The summed E-state index contributed by atoms with van der Waals surface area (Å²) in [6.07, 6.45) is 4.28. The number of amides is 2. The minimum Gasteiger partial charge on any atom is -0.339 e. The van der Waals surface area contributed by atoms with Crippen molar-refractivity contribution in [1.82, 2.24) is 30.0 Å². The average Bonchev–Trinajstić information content (AvgIpc) is 3.52. The summed E-state index contributed by atoms with van der Waals surface area (Å²) >= 11 is 1.42. The summed E-state index contributed by atoms with van der Waals surface area (Å²) in [5.74, 6) is 0.625. The van der Waals surface area contributed by atoms with Gasteiger partial charge in [0.2, 0.25) is 17.0 Å². The SMILES string of the molecule is CC(Sc1nnnn1C1CC1)C(=O)N1CCN(C(=O)C2CC2)CC1. The molecule has 3 fully saturated rings. The smallest absolute Gasteiger partial charge is 0.236 e. The van der Waals surface area contributed by atoms with Gasteiger partial charge in [0.1, 0.15) is 0 Å². The number of thioether (sulfide) groups is 1. The second-order valence-corrected chi connectivity index (χ2v) is 8.13. The summed E-state index contributed by atoms with van der Waals surface area (Å²) in [5.41, 5.74) is 0. The second-order valence-electron chi connectivity index (χ2n) is 6.82. The number of hydrogen-bond donors (Lipinski definition) is 0. The van der Waals surface area contributed by atoms with Gasteiger partial charge in [0.15, 0.2) is 0 Å². The molecule has 8 nitrogen and oxygen atoms in total. The highest BCUT2D eigenvalue weighted by Crippen LogP contribution is 2.37. The maximum absolute atomic E-state index is 12.7. The lowest BCUT2D eigenvalue weighted by molar-refractivity contribution is -0.139. The zero-order valence-electron chi connectivity index (χ0n) is 13.8. The van der Waals surface area contributed by atoms with Crippen LogP contribution in [0.15, 0.2) is 5.16 Å². The van der Waals surface area contributed by atoms with Crippen LogP contribution in [-0.2, 0) is 9.59 Å². The van der Waals surface area contributed by atoms with Gasteiger partial charge in [-0.25, -0.2) is 4.68 Å². The quantitative estimate of drug-likeness (QED) is 0.722. The van der Waals surface area contributed by atoms with Crippen LogP contribution in [0.4, 0.5) is 0 Å². The van der Waals surface area contributed by atoms with Gasteiger partial charge in [-0.15, -0.1) is 5.10 Å². The molecule has 0 N–H and O–H groups in total. The number of carbonyl (C=O) groups is 2. The third-order valence-electron chi connectivity index (χ3n) is 4.81. The summed E-state index contributed by atoms with van der Waals surface area (Å²) in [5, 5.41) is 12.3. The molecule has 3 aliphatic rings. The molecule has 1 aromatic rings. The number of aromatic nitrogens is 4. The summed E-state index contributed by atoms with van der Waals surface area (Å²) < 4.78 is 1.83. The third kappa shape index (κ3) is 3.26. The van der Waals surface area contributed by atoms with Gasteiger partial charge in [0, 0.05) is 32.1 Å². The summed E-state index contributed by atoms with van der Waals surface area (Å²) in [4.78, 5) is 28.5. The van der Waals surface area contributed by atoms with E-state index < -0.39 is 0 Å². The van der Waals surface area contributed by atoms with E-state index in [4.69, 9.17) is 0 Å². The topological polar surface area (TPSA) is 84.2 Å². The Morgan fingerprint density at radius 2 is 1.75 bits per heavy atom. The number of rotatable bonds is 5. The first-order chi connectivity index (χ1) is 11.6. The number of piperazine rings is 1. The molecule has 1 aromatic heterocycles. The predicted octanol–water partition coefficient (Wildman–Crippen LogP) is 0.569. The fourth-order valence-corrected chi connectivity index (χ4v) is 3.96. The molecule has 24 heavy (non-hydrogen) atoms. The normalized spacial score (nSPS) is 22.5. The van der Waals surface area contributed by atoms with E-state index in [0.717, 1.165) is 30.8 Å². The Hall–Kier alpha value is -1.64. The zero-order chi connectivity index (χ0) is 16.7. The van der Waals surface area contributed by atoms with E-state index in [0.29, 0.717) is 32.2 Å². The molecule has 0 radical (unpaired) electrons. The molecule has 1 saturated heterocycles. The van der Waals surface area contributed by atoms with E-state index >= 15 is 0 Å². The Labute approximate surface area is 144 Å². The van der Waals surface area contributed by atoms with E-state index in [-0.39, 0.29) is 23.0 Å².